The lowest BCUT2D eigenvalue weighted by Crippen LogP contribution is -2.21. The number of aryl methyl sites for hydroxylation is 1. The number of benzene rings is 2. The van der Waals surface area contributed by atoms with Crippen molar-refractivity contribution in [1.82, 2.24) is 0 Å². The van der Waals surface area contributed by atoms with Gasteiger partial charge in [-0.25, -0.2) is 0 Å². The highest BCUT2D eigenvalue weighted by Gasteiger charge is 2.51. The molecule has 1 unspecified atom stereocenters. The summed E-state index contributed by atoms with van der Waals surface area (Å²) in [6, 6.07) is 16.6. The van der Waals surface area contributed by atoms with Crippen LogP contribution in [0.2, 0.25) is 0 Å². The third kappa shape index (κ3) is 2.06. The Balaban J connectivity index is 1.74. The molecule has 4 rings (SSSR count). The Morgan fingerprint density at radius 1 is 1.00 bits per heavy atom. The van der Waals surface area contributed by atoms with Crippen molar-refractivity contribution in [1.29, 1.82) is 0 Å². The minimum atomic E-state index is -0.479. The van der Waals surface area contributed by atoms with Gasteiger partial charge in [0.15, 0.2) is 0 Å². The van der Waals surface area contributed by atoms with E-state index in [0.717, 1.165) is 43.6 Å². The van der Waals surface area contributed by atoms with Crippen molar-refractivity contribution in [3.63, 3.8) is 0 Å². The second-order valence-corrected chi connectivity index (χ2v) is 6.21. The van der Waals surface area contributed by atoms with Crippen molar-refractivity contribution < 1.29 is 9.84 Å². The fourth-order valence-corrected chi connectivity index (χ4v) is 3.55. The first-order valence-corrected chi connectivity index (χ1v) is 7.79. The topological polar surface area (TPSA) is 29.5 Å². The lowest BCUT2D eigenvalue weighted by Gasteiger charge is -2.28. The van der Waals surface area contributed by atoms with Crippen molar-refractivity contribution in [2.24, 2.45) is 0 Å². The van der Waals surface area contributed by atoms with Crippen molar-refractivity contribution in [3.8, 4) is 5.75 Å². The van der Waals surface area contributed by atoms with Crippen LogP contribution in [0.5, 0.6) is 5.75 Å². The predicted octanol–water partition coefficient (Wildman–Crippen LogP) is 3.78. The molecule has 1 N–H and O–H groups in total. The minimum Gasteiger partial charge on any atom is -0.493 e. The summed E-state index contributed by atoms with van der Waals surface area (Å²) in [6.45, 7) is 0.759. The lowest BCUT2D eigenvalue weighted by molar-refractivity contribution is 0.127. The Kier molecular flexibility index (Phi) is 3.00. The van der Waals surface area contributed by atoms with Gasteiger partial charge in [0.05, 0.1) is 12.7 Å². The van der Waals surface area contributed by atoms with Crippen molar-refractivity contribution in [2.75, 3.05) is 6.61 Å². The normalized spacial score (nSPS) is 20.2. The summed E-state index contributed by atoms with van der Waals surface area (Å²) in [5.41, 5.74) is 3.33. The number of hydrogen-bond acceptors (Lipinski definition) is 2. The first kappa shape index (κ1) is 12.9. The van der Waals surface area contributed by atoms with E-state index in [1.807, 2.05) is 18.2 Å². The predicted molar refractivity (Wildman–Crippen MR) is 82.6 cm³/mol. The highest BCUT2D eigenvalue weighted by Crippen LogP contribution is 2.57. The zero-order valence-corrected chi connectivity index (χ0v) is 12.1. The molecule has 0 saturated heterocycles. The summed E-state index contributed by atoms with van der Waals surface area (Å²) < 4.78 is 5.87. The quantitative estimate of drug-likeness (QED) is 0.927. The molecule has 1 fully saturated rings. The van der Waals surface area contributed by atoms with Crippen LogP contribution in [0.3, 0.4) is 0 Å². The van der Waals surface area contributed by atoms with E-state index in [1.54, 1.807) is 0 Å². The van der Waals surface area contributed by atoms with E-state index in [1.165, 1.54) is 11.1 Å². The molecule has 0 bridgehead atoms. The van der Waals surface area contributed by atoms with Gasteiger partial charge in [0.25, 0.3) is 0 Å². The Morgan fingerprint density at radius 2 is 1.81 bits per heavy atom. The number of aliphatic hydroxyl groups excluding tert-OH is 1. The number of hydrogen-bond donors (Lipinski definition) is 1. The zero-order chi connectivity index (χ0) is 14.3. The van der Waals surface area contributed by atoms with E-state index in [2.05, 4.69) is 30.3 Å². The van der Waals surface area contributed by atoms with E-state index < -0.39 is 6.10 Å². The molecular weight excluding hydrogens is 260 g/mol. The Morgan fingerprint density at radius 3 is 2.57 bits per heavy atom. The lowest BCUT2D eigenvalue weighted by atomic mass is 9.84. The van der Waals surface area contributed by atoms with Crippen molar-refractivity contribution in [2.45, 2.75) is 37.2 Å². The fraction of sp³-hybridized carbons (Fsp3) is 0.368. The van der Waals surface area contributed by atoms with E-state index in [0.29, 0.717) is 0 Å². The van der Waals surface area contributed by atoms with E-state index in [9.17, 15) is 5.11 Å². The van der Waals surface area contributed by atoms with Gasteiger partial charge < -0.3 is 9.84 Å². The molecule has 2 heteroatoms. The maximum atomic E-state index is 11.0. The van der Waals surface area contributed by atoms with Crippen LogP contribution in [0.4, 0.5) is 0 Å². The Bertz CT molecular complexity index is 644. The van der Waals surface area contributed by atoms with Crippen LogP contribution in [0.1, 0.15) is 42.1 Å². The molecule has 2 aromatic rings. The van der Waals surface area contributed by atoms with Crippen LogP contribution >= 0.6 is 0 Å². The van der Waals surface area contributed by atoms with Crippen LogP contribution in [0, 0.1) is 0 Å². The van der Waals surface area contributed by atoms with Crippen molar-refractivity contribution in [3.05, 3.63) is 65.2 Å². The average Bonchev–Trinajstić information content (AvgIpc) is 3.36. The molecule has 0 radical (unpaired) electrons. The molecule has 21 heavy (non-hydrogen) atoms. The minimum absolute atomic E-state index is 0.114. The molecule has 1 aliphatic carbocycles. The van der Waals surface area contributed by atoms with Crippen LogP contribution in [0.25, 0.3) is 0 Å². The standard InChI is InChI=1S/C19H20O2/c20-18(19(11-12-19)15-8-2-1-3-9-15)16-10-4-6-14-7-5-13-21-17(14)16/h1-4,6,8-10,18,20H,5,7,11-13H2. The molecule has 1 aliphatic heterocycles. The number of ether oxygens (including phenoxy) is 1. The number of aliphatic hydroxyl groups is 1. The summed E-state index contributed by atoms with van der Waals surface area (Å²) in [5.74, 6) is 0.929. The van der Waals surface area contributed by atoms with Crippen LogP contribution in [-0.2, 0) is 11.8 Å². The van der Waals surface area contributed by atoms with Crippen molar-refractivity contribution >= 4 is 0 Å². The van der Waals surface area contributed by atoms with Gasteiger partial charge in [-0.05, 0) is 36.8 Å². The molecule has 2 nitrogen and oxygen atoms in total. The molecule has 0 amide bonds. The summed E-state index contributed by atoms with van der Waals surface area (Å²) in [5, 5.41) is 11.0. The third-order valence-corrected chi connectivity index (χ3v) is 4.92. The van der Waals surface area contributed by atoms with E-state index in [4.69, 9.17) is 4.74 Å². The molecule has 1 saturated carbocycles. The number of fused-ring (bicyclic) bond motifs is 1. The maximum Gasteiger partial charge on any atom is 0.128 e. The van der Waals surface area contributed by atoms with Gasteiger partial charge in [-0.2, -0.15) is 0 Å². The molecule has 2 aromatic carbocycles. The Labute approximate surface area is 125 Å². The summed E-state index contributed by atoms with van der Waals surface area (Å²) in [4.78, 5) is 0. The zero-order valence-electron chi connectivity index (χ0n) is 12.1. The molecule has 2 aliphatic rings. The third-order valence-electron chi connectivity index (χ3n) is 4.92. The van der Waals surface area contributed by atoms with E-state index in [-0.39, 0.29) is 5.41 Å². The van der Waals surface area contributed by atoms with Crippen LogP contribution in [0.15, 0.2) is 48.5 Å². The fourth-order valence-electron chi connectivity index (χ4n) is 3.55. The smallest absolute Gasteiger partial charge is 0.128 e. The molecule has 0 spiro atoms. The summed E-state index contributed by atoms with van der Waals surface area (Å²) in [6.07, 6.45) is 3.72. The van der Waals surface area contributed by atoms with Crippen LogP contribution in [-0.4, -0.2) is 11.7 Å². The average molecular weight is 280 g/mol. The molecular formula is C19H20O2. The largest absolute Gasteiger partial charge is 0.493 e. The Hall–Kier alpha value is -1.80. The van der Waals surface area contributed by atoms with Gasteiger partial charge in [0.1, 0.15) is 5.75 Å². The second-order valence-electron chi connectivity index (χ2n) is 6.21. The maximum absolute atomic E-state index is 11.0. The molecule has 1 heterocycles. The summed E-state index contributed by atoms with van der Waals surface area (Å²) in [7, 11) is 0. The van der Waals surface area contributed by atoms with Gasteiger partial charge in [-0.15, -0.1) is 0 Å². The monoisotopic (exact) mass is 280 g/mol. The first-order chi connectivity index (χ1) is 10.3. The van der Waals surface area contributed by atoms with Gasteiger partial charge in [0, 0.05) is 11.0 Å². The highest BCUT2D eigenvalue weighted by molar-refractivity contribution is 5.48. The first-order valence-electron chi connectivity index (χ1n) is 7.79. The SMILES string of the molecule is OC(c1cccc2c1OCCC2)C1(c2ccccc2)CC1. The van der Waals surface area contributed by atoms with Gasteiger partial charge in [0.2, 0.25) is 0 Å². The second kappa shape index (κ2) is 4.88. The van der Waals surface area contributed by atoms with Gasteiger partial charge in [-0.3, -0.25) is 0 Å². The van der Waals surface area contributed by atoms with Crippen LogP contribution < -0.4 is 4.74 Å². The highest BCUT2D eigenvalue weighted by atomic mass is 16.5. The van der Waals surface area contributed by atoms with Gasteiger partial charge in [-0.1, -0.05) is 48.5 Å². The summed E-state index contributed by atoms with van der Waals surface area (Å²) >= 11 is 0. The molecule has 1 atom stereocenters. The number of para-hydroxylation sites is 1. The van der Waals surface area contributed by atoms with Gasteiger partial charge >= 0.3 is 0 Å². The molecule has 0 aromatic heterocycles. The van der Waals surface area contributed by atoms with E-state index >= 15 is 0 Å². The molecule has 108 valence electrons. The number of rotatable bonds is 3.